The number of ether oxygens (including phenoxy) is 3. The van der Waals surface area contributed by atoms with Crippen LogP contribution in [0.3, 0.4) is 0 Å². The van der Waals surface area contributed by atoms with Gasteiger partial charge in [-0.05, 0) is 49.6 Å². The minimum Gasteiger partial charge on any atom is -0.494 e. The molecule has 3 amide bonds. The average molecular weight is 592 g/mol. The van der Waals surface area contributed by atoms with E-state index in [9.17, 15) is 14.4 Å². The summed E-state index contributed by atoms with van der Waals surface area (Å²) in [6.45, 7) is 2.85. The van der Waals surface area contributed by atoms with Gasteiger partial charge < -0.3 is 28.9 Å². The highest BCUT2D eigenvalue weighted by atomic mass is 16.6. The van der Waals surface area contributed by atoms with Gasteiger partial charge in [-0.15, -0.1) is 0 Å². The highest BCUT2D eigenvalue weighted by Gasteiger charge is 2.27. The van der Waals surface area contributed by atoms with Gasteiger partial charge in [-0.25, -0.2) is 9.79 Å². The van der Waals surface area contributed by atoms with Crippen molar-refractivity contribution in [1.29, 1.82) is 0 Å². The molecule has 0 bridgehead atoms. The summed E-state index contributed by atoms with van der Waals surface area (Å²) in [6, 6.07) is 14.7. The van der Waals surface area contributed by atoms with Gasteiger partial charge >= 0.3 is 6.09 Å². The van der Waals surface area contributed by atoms with Crippen LogP contribution >= 0.6 is 0 Å². The fourth-order valence-electron chi connectivity index (χ4n) is 5.64. The molecular weight excluding hydrogens is 550 g/mol. The first-order valence-corrected chi connectivity index (χ1v) is 15.2. The van der Waals surface area contributed by atoms with Gasteiger partial charge in [-0.1, -0.05) is 37.5 Å². The normalized spacial score (nSPS) is 17.0. The molecule has 230 valence electrons. The van der Waals surface area contributed by atoms with Gasteiger partial charge in [0.15, 0.2) is 0 Å². The number of carbonyl (C=O) groups is 3. The van der Waals surface area contributed by atoms with Crippen molar-refractivity contribution in [3.63, 3.8) is 0 Å². The number of para-hydroxylation sites is 1. The number of aliphatic imine (C=N–C) groups is 1. The predicted molar refractivity (Wildman–Crippen MR) is 161 cm³/mol. The zero-order chi connectivity index (χ0) is 30.0. The SMILES string of the molecule is CN(C(=O)CCCOc1ccc2c(c1)CN(CC(=O)N1CCOCC1)C(NC(=O)Oc1ccccc1)=N2)C1CCCCC1. The second-order valence-corrected chi connectivity index (χ2v) is 11.2. The Bertz CT molecular complexity index is 1290. The standard InChI is InChI=1S/C32H41N5O6/c1-35(25-9-4-2-5-10-25)29(38)13-8-18-42-27-14-15-28-24(21-27)22-37(23-30(39)36-16-19-41-20-17-36)31(33-28)34-32(40)43-26-11-6-3-7-12-26/h3,6-7,11-12,14-15,21,25H,2,4-5,8-10,13,16-20,22-23H2,1H3,(H,33,34,40). The first kappa shape index (κ1) is 30.3. The van der Waals surface area contributed by atoms with E-state index >= 15 is 0 Å². The highest BCUT2D eigenvalue weighted by Crippen LogP contribution is 2.30. The fraction of sp³-hybridized carbons (Fsp3) is 0.500. The second-order valence-electron chi connectivity index (χ2n) is 11.2. The van der Waals surface area contributed by atoms with Gasteiger partial charge in [0.25, 0.3) is 0 Å². The average Bonchev–Trinajstić information content (AvgIpc) is 3.04. The molecule has 2 fully saturated rings. The molecule has 5 rings (SSSR count). The van der Waals surface area contributed by atoms with E-state index in [2.05, 4.69) is 10.3 Å². The van der Waals surface area contributed by atoms with Crippen LogP contribution in [0.1, 0.15) is 50.5 Å². The zero-order valence-electron chi connectivity index (χ0n) is 24.8. The first-order chi connectivity index (χ1) is 21.0. The lowest BCUT2D eigenvalue weighted by molar-refractivity contribution is -0.135. The second kappa shape index (κ2) is 14.9. The van der Waals surface area contributed by atoms with E-state index in [4.69, 9.17) is 14.2 Å². The largest absolute Gasteiger partial charge is 0.494 e. The first-order valence-electron chi connectivity index (χ1n) is 15.2. The van der Waals surface area contributed by atoms with Crippen LogP contribution in [0.2, 0.25) is 0 Å². The number of guanidine groups is 1. The minimum absolute atomic E-state index is 0.0333. The van der Waals surface area contributed by atoms with Gasteiger partial charge in [0.1, 0.15) is 18.0 Å². The Morgan fingerprint density at radius 1 is 1.02 bits per heavy atom. The monoisotopic (exact) mass is 591 g/mol. The molecule has 1 N–H and O–H groups in total. The maximum Gasteiger partial charge on any atom is 0.419 e. The van der Waals surface area contributed by atoms with E-state index < -0.39 is 6.09 Å². The van der Waals surface area contributed by atoms with Crippen molar-refractivity contribution in [3.8, 4) is 11.5 Å². The number of benzene rings is 2. The van der Waals surface area contributed by atoms with Crippen molar-refractivity contribution < 1.29 is 28.6 Å². The van der Waals surface area contributed by atoms with Gasteiger partial charge in [0.05, 0.1) is 25.5 Å². The Labute approximate surface area is 252 Å². The Kier molecular flexibility index (Phi) is 10.5. The molecule has 1 aliphatic carbocycles. The highest BCUT2D eigenvalue weighted by molar-refractivity contribution is 5.98. The number of amides is 3. The minimum atomic E-state index is -0.694. The molecule has 2 heterocycles. The summed E-state index contributed by atoms with van der Waals surface area (Å²) >= 11 is 0. The Hall–Kier alpha value is -4.12. The van der Waals surface area contributed by atoms with Gasteiger partial charge in [-0.3, -0.25) is 14.9 Å². The van der Waals surface area contributed by atoms with Gasteiger partial charge in [-0.2, -0.15) is 0 Å². The van der Waals surface area contributed by atoms with Crippen LogP contribution in [0.4, 0.5) is 10.5 Å². The van der Waals surface area contributed by atoms with Crippen molar-refractivity contribution in [3.05, 3.63) is 54.1 Å². The molecule has 0 radical (unpaired) electrons. The van der Waals surface area contributed by atoms with Crippen molar-refractivity contribution in [1.82, 2.24) is 20.0 Å². The third-order valence-corrected chi connectivity index (χ3v) is 8.12. The van der Waals surface area contributed by atoms with E-state index in [0.29, 0.717) is 75.5 Å². The summed E-state index contributed by atoms with van der Waals surface area (Å²) in [5.74, 6) is 1.40. The summed E-state index contributed by atoms with van der Waals surface area (Å²) in [7, 11) is 1.92. The molecule has 0 aromatic heterocycles. The van der Waals surface area contributed by atoms with E-state index in [1.165, 1.54) is 19.3 Å². The summed E-state index contributed by atoms with van der Waals surface area (Å²) in [5, 5.41) is 2.72. The molecule has 3 aliphatic rings. The van der Waals surface area contributed by atoms with E-state index in [1.54, 1.807) is 34.1 Å². The molecular formula is C32H41N5O6. The molecule has 1 saturated carbocycles. The number of morpholine rings is 1. The molecule has 1 saturated heterocycles. The molecule has 11 heteroatoms. The maximum absolute atomic E-state index is 13.1. The van der Waals surface area contributed by atoms with Crippen molar-refractivity contribution in [2.24, 2.45) is 4.99 Å². The molecule has 11 nitrogen and oxygen atoms in total. The molecule has 0 spiro atoms. The topological polar surface area (TPSA) is 113 Å². The Balaban J connectivity index is 1.21. The lowest BCUT2D eigenvalue weighted by atomic mass is 9.94. The predicted octanol–water partition coefficient (Wildman–Crippen LogP) is 4.09. The van der Waals surface area contributed by atoms with Crippen LogP contribution in [0.25, 0.3) is 0 Å². The third-order valence-electron chi connectivity index (χ3n) is 8.12. The lowest BCUT2D eigenvalue weighted by Crippen LogP contribution is -2.51. The molecule has 2 aromatic carbocycles. The zero-order valence-corrected chi connectivity index (χ0v) is 24.8. The Morgan fingerprint density at radius 2 is 1.79 bits per heavy atom. The number of hydrogen-bond acceptors (Lipinski definition) is 8. The number of carbonyl (C=O) groups excluding carboxylic acids is 3. The summed E-state index contributed by atoms with van der Waals surface area (Å²) in [5.41, 5.74) is 1.53. The summed E-state index contributed by atoms with van der Waals surface area (Å²) in [4.78, 5) is 48.6. The quantitative estimate of drug-likeness (QED) is 0.437. The number of hydrogen-bond donors (Lipinski definition) is 1. The summed E-state index contributed by atoms with van der Waals surface area (Å²) < 4.78 is 16.8. The van der Waals surface area contributed by atoms with Crippen molar-refractivity contribution in [2.45, 2.75) is 57.5 Å². The van der Waals surface area contributed by atoms with Crippen LogP contribution < -0.4 is 14.8 Å². The smallest absolute Gasteiger partial charge is 0.419 e. The third kappa shape index (κ3) is 8.47. The van der Waals surface area contributed by atoms with Crippen molar-refractivity contribution >= 4 is 29.6 Å². The molecule has 2 aliphatic heterocycles. The number of nitrogens with zero attached hydrogens (tertiary/aromatic N) is 4. The summed E-state index contributed by atoms with van der Waals surface area (Å²) in [6.07, 6.45) is 6.23. The fourth-order valence-corrected chi connectivity index (χ4v) is 5.64. The van der Waals surface area contributed by atoms with Gasteiger partial charge in [0, 0.05) is 44.7 Å². The molecule has 0 unspecified atom stereocenters. The Morgan fingerprint density at radius 3 is 2.56 bits per heavy atom. The van der Waals surface area contributed by atoms with Crippen LogP contribution in [0.15, 0.2) is 53.5 Å². The lowest BCUT2D eigenvalue weighted by Gasteiger charge is -2.33. The van der Waals surface area contributed by atoms with E-state index in [-0.39, 0.29) is 24.3 Å². The number of nitrogens with one attached hydrogen (secondary N) is 1. The van der Waals surface area contributed by atoms with Gasteiger partial charge in [0.2, 0.25) is 17.8 Å². The van der Waals surface area contributed by atoms with Crippen molar-refractivity contribution in [2.75, 3.05) is 46.5 Å². The molecule has 43 heavy (non-hydrogen) atoms. The maximum atomic E-state index is 13.1. The molecule has 2 aromatic rings. The van der Waals surface area contributed by atoms with E-state index in [0.717, 1.165) is 18.4 Å². The number of fused-ring (bicyclic) bond motifs is 1. The van der Waals surface area contributed by atoms with E-state index in [1.807, 2.05) is 36.2 Å². The van der Waals surface area contributed by atoms with Crippen LogP contribution in [-0.4, -0.2) is 91.1 Å². The van der Waals surface area contributed by atoms with Crippen LogP contribution in [0.5, 0.6) is 11.5 Å². The van der Waals surface area contributed by atoms with Crippen LogP contribution in [-0.2, 0) is 20.9 Å². The molecule has 0 atom stereocenters. The number of rotatable bonds is 9. The van der Waals surface area contributed by atoms with Crippen LogP contribution in [0, 0.1) is 0 Å².